The molecule has 5 nitrogen and oxygen atoms in total. The van der Waals surface area contributed by atoms with Gasteiger partial charge >= 0.3 is 0 Å². The second-order valence-electron chi connectivity index (χ2n) is 5.58. The lowest BCUT2D eigenvalue weighted by Gasteiger charge is -2.28. The molecule has 1 aromatic rings. The number of hydrogen-bond acceptors (Lipinski definition) is 3. The topological polar surface area (TPSA) is 70.2 Å². The van der Waals surface area contributed by atoms with Crippen LogP contribution in [0.3, 0.4) is 0 Å². The van der Waals surface area contributed by atoms with Crippen LogP contribution in [0.25, 0.3) is 0 Å². The van der Waals surface area contributed by atoms with E-state index in [4.69, 9.17) is 0 Å². The van der Waals surface area contributed by atoms with Crippen LogP contribution in [0.15, 0.2) is 24.3 Å². The highest BCUT2D eigenvalue weighted by Gasteiger charge is 2.39. The molecule has 1 saturated heterocycles. The Bertz CT molecular complexity index is 522. The number of carbonyl (C=O) groups is 2. The van der Waals surface area contributed by atoms with E-state index in [2.05, 4.69) is 22.9 Å². The fourth-order valence-corrected chi connectivity index (χ4v) is 2.88. The van der Waals surface area contributed by atoms with Crippen LogP contribution in [0.5, 0.6) is 0 Å². The number of hydrogen-bond donors (Lipinski definition) is 3. The maximum Gasteiger partial charge on any atom is 0.244 e. The van der Waals surface area contributed by atoms with E-state index in [1.165, 1.54) is 6.92 Å². The molecule has 1 fully saturated rings. The van der Waals surface area contributed by atoms with E-state index in [-0.39, 0.29) is 11.8 Å². The normalized spacial score (nSPS) is 21.0. The lowest BCUT2D eigenvalue weighted by atomic mass is 9.91. The molecule has 1 aliphatic rings. The van der Waals surface area contributed by atoms with Crippen molar-refractivity contribution in [1.29, 1.82) is 0 Å². The van der Waals surface area contributed by atoms with Gasteiger partial charge in [-0.1, -0.05) is 19.4 Å². The molecular weight excluding hydrogens is 266 g/mol. The van der Waals surface area contributed by atoms with Crippen molar-refractivity contribution >= 4 is 23.2 Å². The lowest BCUT2D eigenvalue weighted by molar-refractivity contribution is -0.122. The average molecular weight is 289 g/mol. The van der Waals surface area contributed by atoms with Crippen molar-refractivity contribution in [3.63, 3.8) is 0 Å². The first-order valence-corrected chi connectivity index (χ1v) is 7.50. The first-order valence-electron chi connectivity index (χ1n) is 7.50. The van der Waals surface area contributed by atoms with Crippen molar-refractivity contribution in [2.45, 2.75) is 45.1 Å². The van der Waals surface area contributed by atoms with Crippen LogP contribution in [0.1, 0.15) is 39.5 Å². The molecule has 5 heteroatoms. The first kappa shape index (κ1) is 15.5. The van der Waals surface area contributed by atoms with Crippen LogP contribution in [0.4, 0.5) is 11.4 Å². The van der Waals surface area contributed by atoms with Crippen LogP contribution < -0.4 is 16.0 Å². The van der Waals surface area contributed by atoms with E-state index in [0.29, 0.717) is 11.4 Å². The standard InChI is InChI=1S/C16H23N3O2/c1-3-8-16(9-5-10-17-16)15(21)19-14-7-4-6-13(11-14)18-12(2)20/h4,6-7,11,17H,3,5,8-10H2,1-2H3,(H,18,20)(H,19,21). The summed E-state index contributed by atoms with van der Waals surface area (Å²) in [6, 6.07) is 7.22. The summed E-state index contributed by atoms with van der Waals surface area (Å²) in [5, 5.41) is 9.04. The molecule has 3 N–H and O–H groups in total. The monoisotopic (exact) mass is 289 g/mol. The summed E-state index contributed by atoms with van der Waals surface area (Å²) in [6.07, 6.45) is 3.70. The van der Waals surface area contributed by atoms with Gasteiger partial charge in [0.25, 0.3) is 0 Å². The van der Waals surface area contributed by atoms with Crippen LogP contribution in [-0.4, -0.2) is 23.9 Å². The number of benzene rings is 1. The van der Waals surface area contributed by atoms with Gasteiger partial charge < -0.3 is 16.0 Å². The van der Waals surface area contributed by atoms with Gasteiger partial charge in [0.2, 0.25) is 11.8 Å². The van der Waals surface area contributed by atoms with Gasteiger partial charge in [-0.2, -0.15) is 0 Å². The average Bonchev–Trinajstić information content (AvgIpc) is 2.88. The zero-order chi connectivity index (χ0) is 15.3. The Balaban J connectivity index is 2.09. The van der Waals surface area contributed by atoms with Gasteiger partial charge in [-0.3, -0.25) is 9.59 Å². The van der Waals surface area contributed by atoms with Crippen molar-refractivity contribution in [3.8, 4) is 0 Å². The van der Waals surface area contributed by atoms with E-state index in [1.807, 2.05) is 12.1 Å². The summed E-state index contributed by atoms with van der Waals surface area (Å²) >= 11 is 0. The maximum atomic E-state index is 12.6. The van der Waals surface area contributed by atoms with Crippen molar-refractivity contribution in [3.05, 3.63) is 24.3 Å². The minimum Gasteiger partial charge on any atom is -0.326 e. The maximum absolute atomic E-state index is 12.6. The van der Waals surface area contributed by atoms with Crippen LogP contribution in [-0.2, 0) is 9.59 Å². The molecule has 0 aromatic heterocycles. The van der Waals surface area contributed by atoms with Crippen molar-refractivity contribution in [2.75, 3.05) is 17.2 Å². The molecule has 2 rings (SSSR count). The van der Waals surface area contributed by atoms with Gasteiger partial charge in [0.15, 0.2) is 0 Å². The lowest BCUT2D eigenvalue weighted by Crippen LogP contribution is -2.50. The first-order chi connectivity index (χ1) is 10.1. The van der Waals surface area contributed by atoms with Crippen LogP contribution in [0.2, 0.25) is 0 Å². The van der Waals surface area contributed by atoms with Gasteiger partial charge in [-0.05, 0) is 44.0 Å². The fourth-order valence-electron chi connectivity index (χ4n) is 2.88. The number of nitrogens with one attached hydrogen (secondary N) is 3. The molecule has 1 unspecified atom stereocenters. The smallest absolute Gasteiger partial charge is 0.244 e. The van der Waals surface area contributed by atoms with E-state index in [0.717, 1.165) is 32.2 Å². The third kappa shape index (κ3) is 3.82. The number of carbonyl (C=O) groups excluding carboxylic acids is 2. The molecule has 0 spiro atoms. The summed E-state index contributed by atoms with van der Waals surface area (Å²) in [5.41, 5.74) is 0.943. The molecule has 1 aromatic carbocycles. The van der Waals surface area contributed by atoms with Gasteiger partial charge in [0.1, 0.15) is 0 Å². The summed E-state index contributed by atoms with van der Waals surface area (Å²) in [6.45, 7) is 4.44. The predicted octanol–water partition coefficient (Wildman–Crippen LogP) is 2.51. The SMILES string of the molecule is CCCC1(C(=O)Nc2cccc(NC(C)=O)c2)CCCN1. The van der Waals surface area contributed by atoms with Gasteiger partial charge in [-0.15, -0.1) is 0 Å². The molecule has 0 radical (unpaired) electrons. The Morgan fingerprint density at radius 3 is 2.57 bits per heavy atom. The molecule has 2 amide bonds. The van der Waals surface area contributed by atoms with Gasteiger partial charge in [0.05, 0.1) is 5.54 Å². The number of anilines is 2. The fraction of sp³-hybridized carbons (Fsp3) is 0.500. The molecule has 114 valence electrons. The number of rotatable bonds is 5. The third-order valence-corrected chi connectivity index (χ3v) is 3.80. The number of amides is 2. The Morgan fingerprint density at radius 1 is 1.29 bits per heavy atom. The molecule has 21 heavy (non-hydrogen) atoms. The molecule has 1 aliphatic heterocycles. The zero-order valence-electron chi connectivity index (χ0n) is 12.7. The van der Waals surface area contributed by atoms with Gasteiger partial charge in [-0.25, -0.2) is 0 Å². The van der Waals surface area contributed by atoms with Crippen LogP contribution >= 0.6 is 0 Å². The summed E-state index contributed by atoms with van der Waals surface area (Å²) in [5.74, 6) is -0.111. The quantitative estimate of drug-likeness (QED) is 0.780. The Labute approximate surface area is 125 Å². The van der Waals surface area contributed by atoms with Crippen LogP contribution in [0, 0.1) is 0 Å². The van der Waals surface area contributed by atoms with Crippen molar-refractivity contribution in [2.24, 2.45) is 0 Å². The minimum atomic E-state index is -0.446. The third-order valence-electron chi connectivity index (χ3n) is 3.80. The second kappa shape index (κ2) is 6.72. The summed E-state index contributed by atoms with van der Waals surface area (Å²) in [7, 11) is 0. The zero-order valence-corrected chi connectivity index (χ0v) is 12.7. The van der Waals surface area contributed by atoms with Crippen molar-refractivity contribution in [1.82, 2.24) is 5.32 Å². The highest BCUT2D eigenvalue weighted by Crippen LogP contribution is 2.27. The van der Waals surface area contributed by atoms with E-state index in [9.17, 15) is 9.59 Å². The Hall–Kier alpha value is -1.88. The Morgan fingerprint density at radius 2 is 2.00 bits per heavy atom. The highest BCUT2D eigenvalue weighted by atomic mass is 16.2. The predicted molar refractivity (Wildman–Crippen MR) is 84.3 cm³/mol. The molecule has 0 bridgehead atoms. The molecule has 1 heterocycles. The Kier molecular flexibility index (Phi) is 4.96. The van der Waals surface area contributed by atoms with Crippen molar-refractivity contribution < 1.29 is 9.59 Å². The summed E-state index contributed by atoms with van der Waals surface area (Å²) in [4.78, 5) is 23.7. The molecule has 1 atom stereocenters. The largest absolute Gasteiger partial charge is 0.326 e. The second-order valence-corrected chi connectivity index (χ2v) is 5.58. The summed E-state index contributed by atoms with van der Waals surface area (Å²) < 4.78 is 0. The van der Waals surface area contributed by atoms with E-state index >= 15 is 0 Å². The van der Waals surface area contributed by atoms with E-state index < -0.39 is 5.54 Å². The molecular formula is C16H23N3O2. The van der Waals surface area contributed by atoms with E-state index in [1.54, 1.807) is 12.1 Å². The minimum absolute atomic E-state index is 0.0156. The molecule has 0 aliphatic carbocycles. The molecule has 0 saturated carbocycles. The van der Waals surface area contributed by atoms with Gasteiger partial charge in [0, 0.05) is 18.3 Å². The highest BCUT2D eigenvalue weighted by molar-refractivity contribution is 5.99.